The summed E-state index contributed by atoms with van der Waals surface area (Å²) in [6.07, 6.45) is 1.30. The normalized spacial score (nSPS) is 17.1. The van der Waals surface area contributed by atoms with Gasteiger partial charge in [0, 0.05) is 19.6 Å². The van der Waals surface area contributed by atoms with E-state index in [1.165, 1.54) is 25.1 Å². The smallest absolute Gasteiger partial charge is 0.0991 e. The van der Waals surface area contributed by atoms with E-state index >= 15 is 0 Å². The fraction of sp³-hybridized carbons (Fsp3) is 0.462. The molecule has 78 valence electrons. The lowest BCUT2D eigenvalue weighted by Gasteiger charge is -2.38. The SMILES string of the molecule is CCC1CN(Cc2ccc(C#N)cc2)C1. The number of benzene rings is 1. The zero-order valence-corrected chi connectivity index (χ0v) is 9.11. The van der Waals surface area contributed by atoms with Gasteiger partial charge in [0.05, 0.1) is 11.6 Å². The van der Waals surface area contributed by atoms with Crippen LogP contribution in [0.4, 0.5) is 0 Å². The Bertz CT molecular complexity index is 355. The van der Waals surface area contributed by atoms with Gasteiger partial charge in [-0.3, -0.25) is 4.90 Å². The average Bonchev–Trinajstić information content (AvgIpc) is 2.23. The molecule has 1 aromatic rings. The molecule has 0 aliphatic carbocycles. The van der Waals surface area contributed by atoms with Gasteiger partial charge in [-0.1, -0.05) is 25.5 Å². The van der Waals surface area contributed by atoms with Gasteiger partial charge in [-0.15, -0.1) is 0 Å². The number of likely N-dealkylation sites (tertiary alicyclic amines) is 1. The van der Waals surface area contributed by atoms with Gasteiger partial charge in [-0.2, -0.15) is 5.26 Å². The molecule has 15 heavy (non-hydrogen) atoms. The van der Waals surface area contributed by atoms with E-state index in [4.69, 9.17) is 5.26 Å². The maximum absolute atomic E-state index is 8.67. The second kappa shape index (κ2) is 4.46. The maximum Gasteiger partial charge on any atom is 0.0991 e. The van der Waals surface area contributed by atoms with Gasteiger partial charge in [-0.25, -0.2) is 0 Å². The highest BCUT2D eigenvalue weighted by Gasteiger charge is 2.24. The largest absolute Gasteiger partial charge is 0.298 e. The monoisotopic (exact) mass is 200 g/mol. The predicted molar refractivity (Wildman–Crippen MR) is 60.2 cm³/mol. The fourth-order valence-corrected chi connectivity index (χ4v) is 2.01. The summed E-state index contributed by atoms with van der Waals surface area (Å²) in [5.74, 6) is 0.906. The molecule has 0 spiro atoms. The molecule has 1 aromatic carbocycles. The molecule has 0 atom stereocenters. The first-order valence-electron chi connectivity index (χ1n) is 5.53. The van der Waals surface area contributed by atoms with Crippen LogP contribution in [0.15, 0.2) is 24.3 Å². The molecular formula is C13H16N2. The van der Waals surface area contributed by atoms with Crippen LogP contribution in [0.5, 0.6) is 0 Å². The van der Waals surface area contributed by atoms with Crippen LogP contribution in [0.3, 0.4) is 0 Å². The van der Waals surface area contributed by atoms with Crippen molar-refractivity contribution in [3.63, 3.8) is 0 Å². The third kappa shape index (κ3) is 2.37. The van der Waals surface area contributed by atoms with Crippen LogP contribution in [0, 0.1) is 17.2 Å². The van der Waals surface area contributed by atoms with Gasteiger partial charge < -0.3 is 0 Å². The Hall–Kier alpha value is -1.33. The molecule has 0 aromatic heterocycles. The first kappa shape index (κ1) is 10.2. The van der Waals surface area contributed by atoms with Crippen molar-refractivity contribution in [2.75, 3.05) is 13.1 Å². The summed E-state index contributed by atoms with van der Waals surface area (Å²) in [5.41, 5.74) is 2.05. The van der Waals surface area contributed by atoms with Crippen molar-refractivity contribution in [2.45, 2.75) is 19.9 Å². The summed E-state index contributed by atoms with van der Waals surface area (Å²) in [6.45, 7) is 5.75. The van der Waals surface area contributed by atoms with E-state index in [9.17, 15) is 0 Å². The fourth-order valence-electron chi connectivity index (χ4n) is 2.01. The molecule has 0 N–H and O–H groups in total. The lowest BCUT2D eigenvalue weighted by Crippen LogP contribution is -2.45. The Morgan fingerprint density at radius 3 is 2.53 bits per heavy atom. The molecule has 0 amide bonds. The predicted octanol–water partition coefficient (Wildman–Crippen LogP) is 2.40. The van der Waals surface area contributed by atoms with Crippen molar-refractivity contribution in [1.82, 2.24) is 4.90 Å². The van der Waals surface area contributed by atoms with Crippen LogP contribution in [-0.4, -0.2) is 18.0 Å². The van der Waals surface area contributed by atoms with E-state index in [0.717, 1.165) is 18.0 Å². The minimum atomic E-state index is 0.744. The summed E-state index contributed by atoms with van der Waals surface area (Å²) in [4.78, 5) is 2.45. The van der Waals surface area contributed by atoms with Crippen LogP contribution in [0.1, 0.15) is 24.5 Å². The molecule has 1 fully saturated rings. The highest BCUT2D eigenvalue weighted by Crippen LogP contribution is 2.20. The Balaban J connectivity index is 1.87. The van der Waals surface area contributed by atoms with E-state index in [1.54, 1.807) is 0 Å². The standard InChI is InChI=1S/C13H16N2/c1-2-11-8-15(9-11)10-13-5-3-12(7-14)4-6-13/h3-6,11H,2,8-10H2,1H3. The van der Waals surface area contributed by atoms with Gasteiger partial charge in [0.25, 0.3) is 0 Å². The van der Waals surface area contributed by atoms with Crippen molar-refractivity contribution >= 4 is 0 Å². The van der Waals surface area contributed by atoms with Crippen molar-refractivity contribution in [1.29, 1.82) is 5.26 Å². The summed E-state index contributed by atoms with van der Waals surface area (Å²) in [5, 5.41) is 8.67. The average molecular weight is 200 g/mol. The molecule has 2 rings (SSSR count). The van der Waals surface area contributed by atoms with Gasteiger partial charge in [0.2, 0.25) is 0 Å². The molecule has 2 heteroatoms. The quantitative estimate of drug-likeness (QED) is 0.749. The highest BCUT2D eigenvalue weighted by molar-refractivity contribution is 5.31. The van der Waals surface area contributed by atoms with E-state index < -0.39 is 0 Å². The lowest BCUT2D eigenvalue weighted by molar-refractivity contribution is 0.0899. The van der Waals surface area contributed by atoms with Crippen LogP contribution < -0.4 is 0 Å². The van der Waals surface area contributed by atoms with Gasteiger partial charge in [0.1, 0.15) is 0 Å². The zero-order chi connectivity index (χ0) is 10.7. The summed E-state index contributed by atoms with van der Waals surface area (Å²) < 4.78 is 0. The summed E-state index contributed by atoms with van der Waals surface area (Å²) in [6, 6.07) is 10.0. The number of nitrogens with zero attached hydrogens (tertiary/aromatic N) is 2. The highest BCUT2D eigenvalue weighted by atomic mass is 15.2. The van der Waals surface area contributed by atoms with Gasteiger partial charge in [0.15, 0.2) is 0 Å². The number of hydrogen-bond acceptors (Lipinski definition) is 2. The Morgan fingerprint density at radius 2 is 2.00 bits per heavy atom. The third-order valence-corrected chi connectivity index (χ3v) is 3.10. The molecule has 1 aliphatic heterocycles. The number of hydrogen-bond donors (Lipinski definition) is 0. The van der Waals surface area contributed by atoms with Crippen molar-refractivity contribution in [3.8, 4) is 6.07 Å². The Morgan fingerprint density at radius 1 is 1.33 bits per heavy atom. The molecular weight excluding hydrogens is 184 g/mol. The molecule has 0 radical (unpaired) electrons. The van der Waals surface area contributed by atoms with Crippen molar-refractivity contribution < 1.29 is 0 Å². The molecule has 2 nitrogen and oxygen atoms in total. The van der Waals surface area contributed by atoms with Crippen molar-refractivity contribution in [2.24, 2.45) is 5.92 Å². The van der Waals surface area contributed by atoms with Gasteiger partial charge in [-0.05, 0) is 23.6 Å². The molecule has 0 unspecified atom stereocenters. The molecule has 0 saturated carbocycles. The van der Waals surface area contributed by atoms with E-state index in [0.29, 0.717) is 0 Å². The number of rotatable bonds is 3. The van der Waals surface area contributed by atoms with E-state index in [-0.39, 0.29) is 0 Å². The first-order valence-corrected chi connectivity index (χ1v) is 5.53. The zero-order valence-electron chi connectivity index (χ0n) is 9.11. The third-order valence-electron chi connectivity index (χ3n) is 3.10. The maximum atomic E-state index is 8.67. The first-order chi connectivity index (χ1) is 7.31. The van der Waals surface area contributed by atoms with Crippen molar-refractivity contribution in [3.05, 3.63) is 35.4 Å². The molecule has 1 heterocycles. The summed E-state index contributed by atoms with van der Waals surface area (Å²) >= 11 is 0. The van der Waals surface area contributed by atoms with Crippen LogP contribution in [0.2, 0.25) is 0 Å². The van der Waals surface area contributed by atoms with Gasteiger partial charge >= 0.3 is 0 Å². The Labute approximate surface area is 91.1 Å². The lowest BCUT2D eigenvalue weighted by atomic mass is 9.96. The number of nitriles is 1. The van der Waals surface area contributed by atoms with E-state index in [2.05, 4.69) is 30.0 Å². The van der Waals surface area contributed by atoms with Crippen LogP contribution >= 0.6 is 0 Å². The summed E-state index contributed by atoms with van der Waals surface area (Å²) in [7, 11) is 0. The minimum absolute atomic E-state index is 0.744. The second-order valence-corrected chi connectivity index (χ2v) is 4.28. The van der Waals surface area contributed by atoms with Crippen LogP contribution in [-0.2, 0) is 6.54 Å². The van der Waals surface area contributed by atoms with Crippen LogP contribution in [0.25, 0.3) is 0 Å². The molecule has 0 bridgehead atoms. The van der Waals surface area contributed by atoms with E-state index in [1.807, 2.05) is 12.1 Å². The Kier molecular flexibility index (Phi) is 3.03. The second-order valence-electron chi connectivity index (χ2n) is 4.28. The molecule has 1 aliphatic rings. The topological polar surface area (TPSA) is 27.0 Å². The minimum Gasteiger partial charge on any atom is -0.298 e. The molecule has 1 saturated heterocycles.